The minimum absolute atomic E-state index is 0.0977. The van der Waals surface area contributed by atoms with Crippen LogP contribution in [0.1, 0.15) is 45.2 Å². The van der Waals surface area contributed by atoms with Crippen LogP contribution in [0.15, 0.2) is 18.2 Å². The average Bonchev–Trinajstić information content (AvgIpc) is 2.51. The van der Waals surface area contributed by atoms with Gasteiger partial charge in [-0.05, 0) is 25.8 Å². The molecule has 0 saturated heterocycles. The van der Waals surface area contributed by atoms with Gasteiger partial charge in [-0.25, -0.2) is 0 Å². The van der Waals surface area contributed by atoms with Gasteiger partial charge in [0.15, 0.2) is 0 Å². The lowest BCUT2D eigenvalue weighted by molar-refractivity contribution is 0.0302. The fraction of sp³-hybridized carbons (Fsp3) is 0.625. The molecule has 4 nitrogen and oxygen atoms in total. The standard InChI is InChI=1S/C16H27NO3/c1-6-16(18,7-2)11-17-12(3)14-9-8-13(19-4)10-15(14)20-5/h8-10,12,17-18H,6-7,11H2,1-5H3. The second-order valence-corrected chi connectivity index (χ2v) is 5.14. The predicted octanol–water partition coefficient (Wildman–Crippen LogP) is 2.91. The highest BCUT2D eigenvalue weighted by Gasteiger charge is 2.23. The second kappa shape index (κ2) is 7.50. The van der Waals surface area contributed by atoms with E-state index in [4.69, 9.17) is 9.47 Å². The van der Waals surface area contributed by atoms with Gasteiger partial charge in [0.05, 0.1) is 19.8 Å². The average molecular weight is 281 g/mol. The van der Waals surface area contributed by atoms with Gasteiger partial charge in [0.25, 0.3) is 0 Å². The third kappa shape index (κ3) is 4.12. The second-order valence-electron chi connectivity index (χ2n) is 5.14. The molecular weight excluding hydrogens is 254 g/mol. The lowest BCUT2D eigenvalue weighted by Gasteiger charge is -2.28. The molecule has 4 heteroatoms. The molecule has 0 aliphatic heterocycles. The van der Waals surface area contributed by atoms with Crippen LogP contribution < -0.4 is 14.8 Å². The first-order valence-electron chi connectivity index (χ1n) is 7.17. The van der Waals surface area contributed by atoms with E-state index in [1.165, 1.54) is 0 Å². The summed E-state index contributed by atoms with van der Waals surface area (Å²) in [5, 5.41) is 13.7. The smallest absolute Gasteiger partial charge is 0.127 e. The maximum absolute atomic E-state index is 10.3. The Morgan fingerprint density at radius 3 is 2.35 bits per heavy atom. The van der Waals surface area contributed by atoms with Gasteiger partial charge in [-0.2, -0.15) is 0 Å². The van der Waals surface area contributed by atoms with E-state index in [9.17, 15) is 5.11 Å². The quantitative estimate of drug-likeness (QED) is 0.769. The molecule has 114 valence electrons. The maximum Gasteiger partial charge on any atom is 0.127 e. The maximum atomic E-state index is 10.3. The van der Waals surface area contributed by atoms with Crippen LogP contribution in [0.4, 0.5) is 0 Å². The summed E-state index contributed by atoms with van der Waals surface area (Å²) in [5.41, 5.74) is 0.413. The Morgan fingerprint density at radius 2 is 1.85 bits per heavy atom. The molecule has 0 aliphatic carbocycles. The van der Waals surface area contributed by atoms with Gasteiger partial charge in [-0.15, -0.1) is 0 Å². The van der Waals surface area contributed by atoms with Crippen molar-refractivity contribution in [2.75, 3.05) is 20.8 Å². The van der Waals surface area contributed by atoms with Gasteiger partial charge >= 0.3 is 0 Å². The van der Waals surface area contributed by atoms with Crippen LogP contribution in [0.5, 0.6) is 11.5 Å². The van der Waals surface area contributed by atoms with Crippen molar-refractivity contribution < 1.29 is 14.6 Å². The van der Waals surface area contributed by atoms with E-state index in [1.807, 2.05) is 32.0 Å². The lowest BCUT2D eigenvalue weighted by Crippen LogP contribution is -2.40. The molecule has 1 aromatic carbocycles. The van der Waals surface area contributed by atoms with Crippen LogP contribution in [-0.4, -0.2) is 31.5 Å². The first kappa shape index (κ1) is 16.8. The molecule has 1 unspecified atom stereocenters. The van der Waals surface area contributed by atoms with Gasteiger partial charge < -0.3 is 19.9 Å². The molecule has 20 heavy (non-hydrogen) atoms. The van der Waals surface area contributed by atoms with Crippen LogP contribution in [0.3, 0.4) is 0 Å². The SMILES string of the molecule is CCC(O)(CC)CNC(C)c1ccc(OC)cc1OC. The van der Waals surface area contributed by atoms with Crippen LogP contribution in [0.25, 0.3) is 0 Å². The molecule has 0 radical (unpaired) electrons. The first-order chi connectivity index (χ1) is 9.49. The first-order valence-corrected chi connectivity index (χ1v) is 7.17. The number of benzene rings is 1. The molecule has 2 N–H and O–H groups in total. The van der Waals surface area contributed by atoms with Crippen molar-refractivity contribution in [2.45, 2.75) is 45.3 Å². The van der Waals surface area contributed by atoms with Crippen LogP contribution in [0.2, 0.25) is 0 Å². The molecule has 0 amide bonds. The fourth-order valence-corrected chi connectivity index (χ4v) is 2.13. The predicted molar refractivity (Wildman–Crippen MR) is 81.5 cm³/mol. The van der Waals surface area contributed by atoms with E-state index in [2.05, 4.69) is 12.2 Å². The molecule has 1 aromatic rings. The molecule has 0 aliphatic rings. The van der Waals surface area contributed by atoms with Gasteiger partial charge in [0, 0.05) is 24.2 Å². The summed E-state index contributed by atoms with van der Waals surface area (Å²) in [5.74, 6) is 1.57. The van der Waals surface area contributed by atoms with E-state index < -0.39 is 5.60 Å². The molecule has 1 atom stereocenters. The van der Waals surface area contributed by atoms with Crippen LogP contribution in [-0.2, 0) is 0 Å². The molecule has 0 aromatic heterocycles. The van der Waals surface area contributed by atoms with Crippen molar-refractivity contribution in [3.63, 3.8) is 0 Å². The zero-order valence-corrected chi connectivity index (χ0v) is 13.2. The van der Waals surface area contributed by atoms with E-state index in [1.54, 1.807) is 14.2 Å². The van der Waals surface area contributed by atoms with Crippen molar-refractivity contribution >= 4 is 0 Å². The molecule has 1 rings (SSSR count). The van der Waals surface area contributed by atoms with Crippen LogP contribution >= 0.6 is 0 Å². The molecule has 0 bridgehead atoms. The highest BCUT2D eigenvalue weighted by molar-refractivity contribution is 5.42. The Kier molecular flexibility index (Phi) is 6.30. The van der Waals surface area contributed by atoms with E-state index in [0.29, 0.717) is 6.54 Å². The summed E-state index contributed by atoms with van der Waals surface area (Å²) in [6.07, 6.45) is 1.48. The topological polar surface area (TPSA) is 50.7 Å². The Hall–Kier alpha value is -1.26. The zero-order chi connectivity index (χ0) is 15.2. The van der Waals surface area contributed by atoms with Crippen molar-refractivity contribution in [1.29, 1.82) is 0 Å². The summed E-state index contributed by atoms with van der Waals surface area (Å²) >= 11 is 0. The Bertz CT molecular complexity index is 416. The number of aliphatic hydroxyl groups is 1. The number of rotatable bonds is 8. The van der Waals surface area contributed by atoms with Crippen molar-refractivity contribution in [1.82, 2.24) is 5.32 Å². The van der Waals surface area contributed by atoms with E-state index in [0.717, 1.165) is 29.9 Å². The molecular formula is C16H27NO3. The summed E-state index contributed by atoms with van der Waals surface area (Å²) < 4.78 is 10.6. The molecule has 0 spiro atoms. The number of hydrogen-bond acceptors (Lipinski definition) is 4. The van der Waals surface area contributed by atoms with E-state index in [-0.39, 0.29) is 6.04 Å². The van der Waals surface area contributed by atoms with E-state index >= 15 is 0 Å². The summed E-state index contributed by atoms with van der Waals surface area (Å²) in [6.45, 7) is 6.64. The summed E-state index contributed by atoms with van der Waals surface area (Å²) in [6, 6.07) is 5.88. The monoisotopic (exact) mass is 281 g/mol. The molecule has 0 fully saturated rings. The van der Waals surface area contributed by atoms with Gasteiger partial charge in [-0.1, -0.05) is 19.9 Å². The van der Waals surface area contributed by atoms with Gasteiger partial charge in [0.2, 0.25) is 0 Å². The lowest BCUT2D eigenvalue weighted by atomic mass is 9.96. The minimum Gasteiger partial charge on any atom is -0.497 e. The largest absolute Gasteiger partial charge is 0.497 e. The third-order valence-corrected chi connectivity index (χ3v) is 3.96. The third-order valence-electron chi connectivity index (χ3n) is 3.96. The van der Waals surface area contributed by atoms with Crippen LogP contribution in [0, 0.1) is 0 Å². The van der Waals surface area contributed by atoms with Gasteiger partial charge in [-0.3, -0.25) is 0 Å². The van der Waals surface area contributed by atoms with Gasteiger partial charge in [0.1, 0.15) is 11.5 Å². The van der Waals surface area contributed by atoms with Crippen molar-refractivity contribution in [3.05, 3.63) is 23.8 Å². The Balaban J connectivity index is 2.79. The summed E-state index contributed by atoms with van der Waals surface area (Å²) in [7, 11) is 3.29. The Morgan fingerprint density at radius 1 is 1.20 bits per heavy atom. The Labute approximate surface area is 122 Å². The molecule has 0 saturated carbocycles. The number of methoxy groups -OCH3 is 2. The summed E-state index contributed by atoms with van der Waals surface area (Å²) in [4.78, 5) is 0. The zero-order valence-electron chi connectivity index (χ0n) is 13.2. The number of nitrogens with one attached hydrogen (secondary N) is 1. The normalized spacial score (nSPS) is 13.1. The van der Waals surface area contributed by atoms with Crippen molar-refractivity contribution in [3.8, 4) is 11.5 Å². The number of ether oxygens (including phenoxy) is 2. The van der Waals surface area contributed by atoms with Crippen molar-refractivity contribution in [2.24, 2.45) is 0 Å². The number of hydrogen-bond donors (Lipinski definition) is 2. The highest BCUT2D eigenvalue weighted by Crippen LogP contribution is 2.29. The highest BCUT2D eigenvalue weighted by atomic mass is 16.5. The minimum atomic E-state index is -0.645. The fourth-order valence-electron chi connectivity index (χ4n) is 2.13. The molecule has 0 heterocycles.